The predicted octanol–water partition coefficient (Wildman–Crippen LogP) is 2.30. The van der Waals surface area contributed by atoms with Gasteiger partial charge < -0.3 is 0 Å². The fourth-order valence-corrected chi connectivity index (χ4v) is 2.33. The van der Waals surface area contributed by atoms with Gasteiger partial charge in [-0.1, -0.05) is 23.5 Å². The number of rotatable bonds is 1. The highest BCUT2D eigenvalue weighted by Gasteiger charge is 2.10. The number of hydrogen-bond acceptors (Lipinski definition) is 4. The summed E-state index contributed by atoms with van der Waals surface area (Å²) in [5, 5.41) is 12.9. The molecular weight excluding hydrogens is 227 g/mol. The van der Waals surface area contributed by atoms with Gasteiger partial charge in [0, 0.05) is 5.56 Å². The van der Waals surface area contributed by atoms with Gasteiger partial charge in [-0.25, -0.2) is 4.39 Å². The molecule has 0 radical (unpaired) electrons. The van der Waals surface area contributed by atoms with Crippen LogP contribution in [0.1, 0.15) is 5.82 Å². The average molecular weight is 234 g/mol. The number of aryl methyl sites for hydroxylation is 1. The highest BCUT2D eigenvalue weighted by atomic mass is 32.1. The van der Waals surface area contributed by atoms with Crippen LogP contribution in [0.25, 0.3) is 15.5 Å². The summed E-state index contributed by atoms with van der Waals surface area (Å²) in [5.41, 5.74) is 0.759. The Labute approximate surface area is 94.4 Å². The van der Waals surface area contributed by atoms with Crippen molar-refractivity contribution in [2.24, 2.45) is 0 Å². The lowest BCUT2D eigenvalue weighted by molar-refractivity contribution is 0.628. The first-order valence-corrected chi connectivity index (χ1v) is 5.50. The Morgan fingerprint density at radius 1 is 1.31 bits per heavy atom. The quantitative estimate of drug-likeness (QED) is 0.649. The van der Waals surface area contributed by atoms with Gasteiger partial charge in [-0.2, -0.15) is 9.61 Å². The predicted molar refractivity (Wildman–Crippen MR) is 58.8 cm³/mol. The molecular formula is C10H7FN4S. The molecule has 16 heavy (non-hydrogen) atoms. The first kappa shape index (κ1) is 9.41. The Kier molecular flexibility index (Phi) is 1.97. The number of benzene rings is 1. The molecule has 3 rings (SSSR count). The van der Waals surface area contributed by atoms with Gasteiger partial charge in [0.1, 0.15) is 10.8 Å². The molecule has 0 spiro atoms. The number of aromatic nitrogens is 4. The molecule has 0 N–H and O–H groups in total. The van der Waals surface area contributed by atoms with Crippen molar-refractivity contribution < 1.29 is 4.39 Å². The summed E-state index contributed by atoms with van der Waals surface area (Å²) in [6.07, 6.45) is 0. The first-order valence-electron chi connectivity index (χ1n) is 4.69. The van der Waals surface area contributed by atoms with Crippen molar-refractivity contribution in [1.29, 1.82) is 0 Å². The second kappa shape index (κ2) is 3.34. The van der Waals surface area contributed by atoms with E-state index in [0.717, 1.165) is 21.4 Å². The SMILES string of the molecule is Cc1nnc2sc(-c3cccc(F)c3)nn12. The molecule has 3 aromatic rings. The van der Waals surface area contributed by atoms with Crippen LogP contribution in [0.2, 0.25) is 0 Å². The summed E-state index contributed by atoms with van der Waals surface area (Å²) < 4.78 is 14.7. The average Bonchev–Trinajstić information content (AvgIpc) is 2.81. The summed E-state index contributed by atoms with van der Waals surface area (Å²) in [7, 11) is 0. The molecule has 0 atom stereocenters. The Balaban J connectivity index is 2.19. The minimum atomic E-state index is -0.264. The summed E-state index contributed by atoms with van der Waals surface area (Å²) >= 11 is 1.39. The van der Waals surface area contributed by atoms with E-state index in [1.165, 1.54) is 23.5 Å². The molecule has 0 saturated carbocycles. The molecule has 4 nitrogen and oxygen atoms in total. The Hall–Kier alpha value is -1.82. The lowest BCUT2D eigenvalue weighted by Crippen LogP contribution is -1.88. The molecule has 0 aliphatic heterocycles. The third-order valence-electron chi connectivity index (χ3n) is 2.22. The molecule has 2 aromatic heterocycles. The van der Waals surface area contributed by atoms with E-state index in [9.17, 15) is 4.39 Å². The van der Waals surface area contributed by atoms with Gasteiger partial charge in [0.05, 0.1) is 0 Å². The second-order valence-corrected chi connectivity index (χ2v) is 4.32. The maximum atomic E-state index is 13.1. The highest BCUT2D eigenvalue weighted by Crippen LogP contribution is 2.25. The van der Waals surface area contributed by atoms with E-state index in [-0.39, 0.29) is 5.82 Å². The lowest BCUT2D eigenvalue weighted by Gasteiger charge is -1.94. The molecule has 0 aliphatic carbocycles. The summed E-state index contributed by atoms with van der Waals surface area (Å²) in [5.74, 6) is 0.467. The zero-order valence-corrected chi connectivity index (χ0v) is 9.20. The van der Waals surface area contributed by atoms with E-state index < -0.39 is 0 Å². The molecule has 0 fully saturated rings. The van der Waals surface area contributed by atoms with E-state index in [0.29, 0.717) is 0 Å². The second-order valence-electron chi connectivity index (χ2n) is 3.36. The third-order valence-corrected chi connectivity index (χ3v) is 3.17. The number of hydrogen-bond donors (Lipinski definition) is 0. The van der Waals surface area contributed by atoms with E-state index in [2.05, 4.69) is 15.3 Å². The molecule has 1 aromatic carbocycles. The van der Waals surface area contributed by atoms with E-state index in [4.69, 9.17) is 0 Å². The van der Waals surface area contributed by atoms with E-state index in [1.54, 1.807) is 10.6 Å². The number of nitrogens with zero attached hydrogens (tertiary/aromatic N) is 4. The fourth-order valence-electron chi connectivity index (χ4n) is 1.45. The van der Waals surface area contributed by atoms with Gasteiger partial charge in [0.15, 0.2) is 5.82 Å². The molecule has 0 unspecified atom stereocenters. The molecule has 6 heteroatoms. The maximum Gasteiger partial charge on any atom is 0.234 e. The van der Waals surface area contributed by atoms with Crippen LogP contribution in [-0.4, -0.2) is 19.8 Å². The van der Waals surface area contributed by atoms with Gasteiger partial charge in [0.2, 0.25) is 4.96 Å². The standard InChI is InChI=1S/C10H7FN4S/c1-6-12-13-10-15(6)14-9(16-10)7-3-2-4-8(11)5-7/h2-5H,1H3. The molecule has 0 amide bonds. The fraction of sp³-hybridized carbons (Fsp3) is 0.100. The molecule has 80 valence electrons. The molecule has 2 heterocycles. The zero-order chi connectivity index (χ0) is 11.1. The number of halogens is 1. The van der Waals surface area contributed by atoms with E-state index in [1.807, 2.05) is 13.0 Å². The van der Waals surface area contributed by atoms with Crippen LogP contribution in [0.3, 0.4) is 0 Å². The van der Waals surface area contributed by atoms with E-state index >= 15 is 0 Å². The summed E-state index contributed by atoms with van der Waals surface area (Å²) in [6, 6.07) is 6.36. The Morgan fingerprint density at radius 2 is 2.19 bits per heavy atom. The van der Waals surface area contributed by atoms with Crippen molar-refractivity contribution in [3.63, 3.8) is 0 Å². The Bertz CT molecular complexity index is 658. The lowest BCUT2D eigenvalue weighted by atomic mass is 10.2. The zero-order valence-electron chi connectivity index (χ0n) is 8.38. The molecule has 0 aliphatic rings. The summed E-state index contributed by atoms with van der Waals surface area (Å²) in [6.45, 7) is 1.83. The smallest absolute Gasteiger partial charge is 0.207 e. The number of fused-ring (bicyclic) bond motifs is 1. The van der Waals surface area contributed by atoms with Crippen LogP contribution in [0, 0.1) is 12.7 Å². The van der Waals surface area contributed by atoms with Crippen molar-refractivity contribution in [1.82, 2.24) is 19.8 Å². The van der Waals surface area contributed by atoms with Crippen molar-refractivity contribution in [3.05, 3.63) is 35.9 Å². The van der Waals surface area contributed by atoms with Gasteiger partial charge in [-0.3, -0.25) is 0 Å². The van der Waals surface area contributed by atoms with Gasteiger partial charge >= 0.3 is 0 Å². The van der Waals surface area contributed by atoms with Crippen molar-refractivity contribution in [3.8, 4) is 10.6 Å². The Morgan fingerprint density at radius 3 is 2.94 bits per heavy atom. The summed E-state index contributed by atoms with van der Waals surface area (Å²) in [4.78, 5) is 0.719. The largest absolute Gasteiger partial charge is 0.234 e. The van der Waals surface area contributed by atoms with Gasteiger partial charge in [-0.15, -0.1) is 10.2 Å². The van der Waals surface area contributed by atoms with Gasteiger partial charge in [0.25, 0.3) is 0 Å². The first-order chi connectivity index (χ1) is 7.74. The third kappa shape index (κ3) is 1.38. The molecule has 0 bridgehead atoms. The van der Waals surface area contributed by atoms with Crippen LogP contribution in [0.5, 0.6) is 0 Å². The van der Waals surface area contributed by atoms with Crippen LogP contribution < -0.4 is 0 Å². The highest BCUT2D eigenvalue weighted by molar-refractivity contribution is 7.19. The van der Waals surface area contributed by atoms with Crippen LogP contribution in [0.15, 0.2) is 24.3 Å². The molecule has 0 saturated heterocycles. The maximum absolute atomic E-state index is 13.1. The minimum Gasteiger partial charge on any atom is -0.207 e. The normalized spacial score (nSPS) is 11.1. The minimum absolute atomic E-state index is 0.264. The van der Waals surface area contributed by atoms with Crippen LogP contribution in [-0.2, 0) is 0 Å². The monoisotopic (exact) mass is 234 g/mol. The van der Waals surface area contributed by atoms with Gasteiger partial charge in [-0.05, 0) is 19.1 Å². The van der Waals surface area contributed by atoms with Crippen molar-refractivity contribution in [2.45, 2.75) is 6.92 Å². The topological polar surface area (TPSA) is 43.1 Å². The van der Waals surface area contributed by atoms with Crippen LogP contribution in [0.4, 0.5) is 4.39 Å². The van der Waals surface area contributed by atoms with Crippen LogP contribution >= 0.6 is 11.3 Å². The van der Waals surface area contributed by atoms with Crippen molar-refractivity contribution in [2.75, 3.05) is 0 Å². The van der Waals surface area contributed by atoms with Crippen molar-refractivity contribution >= 4 is 16.3 Å².